The Morgan fingerprint density at radius 3 is 2.57 bits per heavy atom. The van der Waals surface area contributed by atoms with Crippen LogP contribution in [-0.4, -0.2) is 16.1 Å². The molecule has 0 fully saturated rings. The minimum absolute atomic E-state index is 0.137. The average molecular weight is 309 g/mol. The van der Waals surface area contributed by atoms with Gasteiger partial charge in [0.2, 0.25) is 5.91 Å². The minimum Gasteiger partial charge on any atom is -0.326 e. The maximum absolute atomic E-state index is 13.5. The van der Waals surface area contributed by atoms with Crippen LogP contribution in [0.2, 0.25) is 0 Å². The zero-order valence-corrected chi connectivity index (χ0v) is 12.4. The number of carbonyl (C=O) groups is 1. The summed E-state index contributed by atoms with van der Waals surface area (Å²) in [6.07, 6.45) is 2.31. The number of aromatic amines is 1. The van der Waals surface area contributed by atoms with Gasteiger partial charge < -0.3 is 5.32 Å². The summed E-state index contributed by atoms with van der Waals surface area (Å²) in [4.78, 5) is 12.0. The molecule has 0 atom stereocenters. The third-order valence-electron chi connectivity index (χ3n) is 3.56. The normalized spacial score (nSPS) is 10.5. The number of hydrogen-bond acceptors (Lipinski definition) is 2. The van der Waals surface area contributed by atoms with Crippen LogP contribution in [0.4, 0.5) is 10.1 Å². The Morgan fingerprint density at radius 2 is 1.87 bits per heavy atom. The second-order valence-corrected chi connectivity index (χ2v) is 5.19. The molecule has 0 saturated carbocycles. The zero-order valence-electron chi connectivity index (χ0n) is 12.4. The number of benzene rings is 2. The molecule has 1 heterocycles. The molecule has 5 heteroatoms. The summed E-state index contributed by atoms with van der Waals surface area (Å²) in [7, 11) is 0. The van der Waals surface area contributed by atoms with E-state index in [4.69, 9.17) is 0 Å². The fraction of sp³-hybridized carbons (Fsp3) is 0.111. The number of nitrogens with zero attached hydrogens (tertiary/aromatic N) is 1. The van der Waals surface area contributed by atoms with Crippen LogP contribution < -0.4 is 5.32 Å². The molecule has 0 aliphatic rings. The van der Waals surface area contributed by atoms with Crippen molar-refractivity contribution in [1.29, 1.82) is 0 Å². The van der Waals surface area contributed by atoms with Gasteiger partial charge in [0.05, 0.1) is 5.69 Å². The minimum atomic E-state index is -0.274. The topological polar surface area (TPSA) is 57.8 Å². The molecule has 0 spiro atoms. The van der Waals surface area contributed by atoms with Gasteiger partial charge in [-0.05, 0) is 41.8 Å². The fourth-order valence-corrected chi connectivity index (χ4v) is 2.32. The molecule has 0 bridgehead atoms. The lowest BCUT2D eigenvalue weighted by Crippen LogP contribution is -2.12. The van der Waals surface area contributed by atoms with Gasteiger partial charge in [0.25, 0.3) is 0 Å². The van der Waals surface area contributed by atoms with Crippen LogP contribution in [0.3, 0.4) is 0 Å². The number of rotatable bonds is 5. The smallest absolute Gasteiger partial charge is 0.224 e. The zero-order chi connectivity index (χ0) is 16.1. The van der Waals surface area contributed by atoms with Gasteiger partial charge >= 0.3 is 0 Å². The predicted molar refractivity (Wildman–Crippen MR) is 87.4 cm³/mol. The first-order valence-electron chi connectivity index (χ1n) is 7.35. The highest BCUT2D eigenvalue weighted by atomic mass is 19.1. The molecule has 0 unspecified atom stereocenters. The lowest BCUT2D eigenvalue weighted by atomic mass is 10.1. The van der Waals surface area contributed by atoms with Crippen LogP contribution in [0.1, 0.15) is 12.0 Å². The number of carbonyl (C=O) groups excluding carboxylic acids is 1. The maximum atomic E-state index is 13.5. The van der Waals surface area contributed by atoms with Crippen molar-refractivity contribution in [3.8, 4) is 11.3 Å². The number of anilines is 1. The summed E-state index contributed by atoms with van der Waals surface area (Å²) in [6, 6.07) is 15.9. The van der Waals surface area contributed by atoms with Gasteiger partial charge in [-0.1, -0.05) is 30.3 Å². The van der Waals surface area contributed by atoms with Gasteiger partial charge in [-0.15, -0.1) is 0 Å². The van der Waals surface area contributed by atoms with Gasteiger partial charge in [0.1, 0.15) is 5.82 Å². The van der Waals surface area contributed by atoms with Crippen LogP contribution in [-0.2, 0) is 11.2 Å². The Morgan fingerprint density at radius 1 is 1.09 bits per heavy atom. The molecule has 3 aromatic rings. The molecule has 0 saturated heterocycles. The van der Waals surface area contributed by atoms with Crippen LogP contribution in [0.25, 0.3) is 11.3 Å². The van der Waals surface area contributed by atoms with Crippen molar-refractivity contribution in [3.63, 3.8) is 0 Å². The van der Waals surface area contributed by atoms with Crippen LogP contribution in [0.5, 0.6) is 0 Å². The molecule has 116 valence electrons. The van der Waals surface area contributed by atoms with Crippen molar-refractivity contribution in [3.05, 3.63) is 72.2 Å². The van der Waals surface area contributed by atoms with E-state index >= 15 is 0 Å². The van der Waals surface area contributed by atoms with Crippen molar-refractivity contribution in [1.82, 2.24) is 10.2 Å². The third-order valence-corrected chi connectivity index (χ3v) is 3.56. The van der Waals surface area contributed by atoms with Crippen molar-refractivity contribution in [2.75, 3.05) is 5.32 Å². The van der Waals surface area contributed by atoms with Crippen molar-refractivity contribution < 1.29 is 9.18 Å². The predicted octanol–water partition coefficient (Wildman–Crippen LogP) is 3.79. The van der Waals surface area contributed by atoms with Gasteiger partial charge in [-0.2, -0.15) is 5.10 Å². The number of aryl methyl sites for hydroxylation is 1. The van der Waals surface area contributed by atoms with Crippen LogP contribution >= 0.6 is 0 Å². The summed E-state index contributed by atoms with van der Waals surface area (Å²) in [5.41, 5.74) is 3.18. The highest BCUT2D eigenvalue weighted by molar-refractivity contribution is 5.91. The Labute approximate surface area is 133 Å². The van der Waals surface area contributed by atoms with E-state index < -0.39 is 0 Å². The summed E-state index contributed by atoms with van der Waals surface area (Å²) in [6.45, 7) is 0. The van der Waals surface area contributed by atoms with Crippen molar-refractivity contribution >= 4 is 11.6 Å². The highest BCUT2D eigenvalue weighted by Crippen LogP contribution is 2.19. The average Bonchev–Trinajstić information content (AvgIpc) is 3.09. The first-order chi connectivity index (χ1) is 11.2. The van der Waals surface area contributed by atoms with E-state index in [0.29, 0.717) is 17.7 Å². The maximum Gasteiger partial charge on any atom is 0.224 e. The number of nitrogens with one attached hydrogen (secondary N) is 2. The largest absolute Gasteiger partial charge is 0.326 e. The van der Waals surface area contributed by atoms with E-state index in [1.165, 1.54) is 6.07 Å². The van der Waals surface area contributed by atoms with E-state index in [1.54, 1.807) is 24.4 Å². The SMILES string of the molecule is O=C(CCc1ccccc1F)Nc1ccc(-c2ccn[nH]2)cc1. The molecule has 0 aliphatic carbocycles. The Bertz CT molecular complexity index is 782. The van der Waals surface area contributed by atoms with Gasteiger partial charge in [0.15, 0.2) is 0 Å². The molecule has 0 aliphatic heterocycles. The lowest BCUT2D eigenvalue weighted by Gasteiger charge is -2.07. The standard InChI is InChI=1S/C18H16FN3O/c19-16-4-2-1-3-13(16)7-10-18(23)21-15-8-5-14(6-9-15)17-11-12-20-22-17/h1-6,8-9,11-12H,7,10H2,(H,20,22)(H,21,23). The summed E-state index contributed by atoms with van der Waals surface area (Å²) in [5.74, 6) is -0.410. The van der Waals surface area contributed by atoms with Crippen molar-refractivity contribution in [2.45, 2.75) is 12.8 Å². The summed E-state index contributed by atoms with van der Waals surface area (Å²) < 4.78 is 13.5. The molecule has 2 aromatic carbocycles. The van der Waals surface area contributed by atoms with Crippen LogP contribution in [0.15, 0.2) is 60.8 Å². The molecule has 1 aromatic heterocycles. The monoisotopic (exact) mass is 309 g/mol. The molecular formula is C18H16FN3O. The van der Waals surface area contributed by atoms with E-state index in [-0.39, 0.29) is 18.1 Å². The number of aromatic nitrogens is 2. The molecular weight excluding hydrogens is 293 g/mol. The molecule has 1 amide bonds. The number of halogens is 1. The summed E-state index contributed by atoms with van der Waals surface area (Å²) >= 11 is 0. The molecule has 2 N–H and O–H groups in total. The van der Waals surface area contributed by atoms with Gasteiger partial charge in [-0.3, -0.25) is 9.89 Å². The molecule has 23 heavy (non-hydrogen) atoms. The van der Waals surface area contributed by atoms with E-state index in [9.17, 15) is 9.18 Å². The van der Waals surface area contributed by atoms with E-state index in [1.807, 2.05) is 30.3 Å². The quantitative estimate of drug-likeness (QED) is 0.753. The Hall–Kier alpha value is -2.95. The van der Waals surface area contributed by atoms with E-state index in [0.717, 1.165) is 11.3 Å². The van der Waals surface area contributed by atoms with Crippen molar-refractivity contribution in [2.24, 2.45) is 0 Å². The van der Waals surface area contributed by atoms with Gasteiger partial charge in [-0.25, -0.2) is 4.39 Å². The lowest BCUT2D eigenvalue weighted by molar-refractivity contribution is -0.116. The summed E-state index contributed by atoms with van der Waals surface area (Å²) in [5, 5.41) is 9.61. The number of amides is 1. The molecule has 4 nitrogen and oxygen atoms in total. The first kappa shape index (κ1) is 15.0. The highest BCUT2D eigenvalue weighted by Gasteiger charge is 2.06. The third kappa shape index (κ3) is 3.83. The number of hydrogen-bond donors (Lipinski definition) is 2. The second-order valence-electron chi connectivity index (χ2n) is 5.19. The van der Waals surface area contributed by atoms with E-state index in [2.05, 4.69) is 15.5 Å². The second kappa shape index (κ2) is 6.87. The fourth-order valence-electron chi connectivity index (χ4n) is 2.32. The Balaban J connectivity index is 1.57. The Kier molecular flexibility index (Phi) is 4.47. The first-order valence-corrected chi connectivity index (χ1v) is 7.35. The molecule has 3 rings (SSSR count). The molecule has 0 radical (unpaired) electrons. The van der Waals surface area contributed by atoms with Gasteiger partial charge in [0, 0.05) is 18.3 Å². The number of H-pyrrole nitrogens is 1. The van der Waals surface area contributed by atoms with Crippen LogP contribution in [0, 0.1) is 5.82 Å².